The van der Waals surface area contributed by atoms with E-state index in [1.807, 2.05) is 0 Å². The van der Waals surface area contributed by atoms with E-state index >= 15 is 9.13 Å². The molecule has 310 valence electrons. The molecule has 8 nitrogen and oxygen atoms in total. The molecule has 0 fully saturated rings. The fourth-order valence-electron chi connectivity index (χ4n) is 6.57. The van der Waals surface area contributed by atoms with Crippen LogP contribution in [0.2, 0.25) is 10.0 Å². The average molecular weight is 900 g/mol. The molecule has 0 saturated heterocycles. The van der Waals surface area contributed by atoms with Crippen molar-refractivity contribution in [1.82, 2.24) is 0 Å². The molecule has 0 saturated carbocycles. The van der Waals surface area contributed by atoms with Crippen LogP contribution < -0.4 is 41.3 Å². The van der Waals surface area contributed by atoms with E-state index in [1.54, 1.807) is 0 Å². The summed E-state index contributed by atoms with van der Waals surface area (Å²) in [5, 5.41) is -0.570. The number of carbonyl (C=O) groups excluding carboxylic acids is 2. The zero-order valence-corrected chi connectivity index (χ0v) is 35.4. The van der Waals surface area contributed by atoms with Crippen LogP contribution in [0.5, 0.6) is 11.5 Å². The fraction of sp³-hybridized carbons (Fsp3) is 0.136. The van der Waals surface area contributed by atoms with Crippen molar-refractivity contribution in [3.05, 3.63) is 155 Å². The van der Waals surface area contributed by atoms with Gasteiger partial charge in [0, 0.05) is 43.0 Å². The third-order valence-corrected chi connectivity index (χ3v) is 16.3. The molecule has 6 aromatic carbocycles. The third kappa shape index (κ3) is 8.48. The molecular weight excluding hydrogens is 865 g/mol. The summed E-state index contributed by atoms with van der Waals surface area (Å²) in [5.41, 5.74) is -0.492. The van der Waals surface area contributed by atoms with Gasteiger partial charge in [-0.05, 0) is 135 Å². The summed E-state index contributed by atoms with van der Waals surface area (Å²) in [4.78, 5) is 25.9. The number of methoxy groups -OCH3 is 2. The Labute approximate surface area is 352 Å². The van der Waals surface area contributed by atoms with Gasteiger partial charge in [0.1, 0.15) is 34.8 Å². The van der Waals surface area contributed by atoms with E-state index in [1.165, 1.54) is 86.6 Å². The van der Waals surface area contributed by atoms with Crippen LogP contribution >= 0.6 is 37.5 Å². The lowest BCUT2D eigenvalue weighted by Crippen LogP contribution is -2.32. The molecule has 0 bridgehead atoms. The largest absolute Gasteiger partial charge is 0.477 e. The predicted molar refractivity (Wildman–Crippen MR) is 225 cm³/mol. The highest BCUT2D eigenvalue weighted by Gasteiger charge is 2.42. The van der Waals surface area contributed by atoms with Crippen molar-refractivity contribution in [2.45, 2.75) is 26.1 Å². The summed E-state index contributed by atoms with van der Waals surface area (Å²) in [6.07, 6.45) is -2.83. The molecule has 0 heterocycles. The van der Waals surface area contributed by atoms with Gasteiger partial charge < -0.3 is 28.1 Å². The molecule has 0 radical (unpaired) electrons. The van der Waals surface area contributed by atoms with E-state index in [9.17, 15) is 27.2 Å². The van der Waals surface area contributed by atoms with Gasteiger partial charge in [0.05, 0.1) is 24.3 Å². The number of ether oxygens (including phenoxy) is 4. The molecule has 16 heteroatoms. The van der Waals surface area contributed by atoms with Crippen LogP contribution in [0.4, 0.5) is 17.6 Å². The first-order valence-corrected chi connectivity index (χ1v) is 22.1. The minimum Gasteiger partial charge on any atom is -0.477 e. The molecule has 0 spiro atoms. The first-order chi connectivity index (χ1) is 28.5. The maximum Gasteiger partial charge on any atom is 0.346 e. The lowest BCUT2D eigenvalue weighted by Gasteiger charge is -2.30. The second kappa shape index (κ2) is 18.1. The standard InChI is InChI=1S/C44H34Cl2F4O8P2/c1-25(43(51)55-3)57-41-35(45)21-23-37(59(53,31-13-5-27(47)6-14-31)32-15-7-28(48)8-16-32)39(41)40-38(24-22-36(46)42(40)58-26(2)44(52)56-4)60(54,33-17-9-29(49)10-18-33)34-19-11-30(50)12-20-34/h5-26H,1-4H3. The quantitative estimate of drug-likeness (QED) is 0.0648. The van der Waals surface area contributed by atoms with E-state index in [0.29, 0.717) is 0 Å². The number of rotatable bonds is 13. The molecular formula is C44H34Cl2F4O8P2. The number of hydrogen-bond donors (Lipinski definition) is 0. The second-order valence-corrected chi connectivity index (χ2v) is 19.5. The molecule has 0 aliphatic heterocycles. The van der Waals surface area contributed by atoms with Crippen LogP contribution in [0.1, 0.15) is 13.8 Å². The normalized spacial score (nSPS) is 12.6. The smallest absolute Gasteiger partial charge is 0.346 e. The highest BCUT2D eigenvalue weighted by molar-refractivity contribution is 7.86. The fourth-order valence-corrected chi connectivity index (χ4v) is 12.6. The van der Waals surface area contributed by atoms with Gasteiger partial charge in [-0.3, -0.25) is 0 Å². The van der Waals surface area contributed by atoms with Crippen molar-refractivity contribution in [2.24, 2.45) is 0 Å². The Morgan fingerprint density at radius 2 is 0.717 bits per heavy atom. The molecule has 2 atom stereocenters. The van der Waals surface area contributed by atoms with Gasteiger partial charge in [0.2, 0.25) is 0 Å². The molecule has 6 rings (SSSR count). The number of benzene rings is 6. The van der Waals surface area contributed by atoms with Gasteiger partial charge in [0.25, 0.3) is 0 Å². The highest BCUT2D eigenvalue weighted by atomic mass is 35.5. The average Bonchev–Trinajstić information content (AvgIpc) is 3.24. The third-order valence-electron chi connectivity index (χ3n) is 9.52. The van der Waals surface area contributed by atoms with Crippen LogP contribution in [0.25, 0.3) is 11.1 Å². The van der Waals surface area contributed by atoms with Gasteiger partial charge in [-0.1, -0.05) is 23.2 Å². The SMILES string of the molecule is COC(=O)C(C)Oc1c(Cl)ccc(P(=O)(c2ccc(F)cc2)c2ccc(F)cc2)c1-c1c(P(=O)(c2ccc(F)cc2)c2ccc(F)cc2)ccc(Cl)c1OC(C)C(=O)OC. The molecule has 2 unspecified atom stereocenters. The summed E-state index contributed by atoms with van der Waals surface area (Å²) in [6, 6.07) is 24.1. The Bertz CT molecular complexity index is 2380. The topological polar surface area (TPSA) is 105 Å². The van der Waals surface area contributed by atoms with Gasteiger partial charge in [0.15, 0.2) is 26.5 Å². The van der Waals surface area contributed by atoms with Crippen LogP contribution in [0, 0.1) is 23.3 Å². The van der Waals surface area contributed by atoms with Crippen molar-refractivity contribution in [2.75, 3.05) is 14.2 Å². The van der Waals surface area contributed by atoms with E-state index in [0.717, 1.165) is 62.8 Å². The van der Waals surface area contributed by atoms with Crippen LogP contribution in [0.3, 0.4) is 0 Å². The Hall–Kier alpha value is -5.38. The van der Waals surface area contributed by atoms with E-state index in [4.69, 9.17) is 42.1 Å². The van der Waals surface area contributed by atoms with Gasteiger partial charge >= 0.3 is 11.9 Å². The highest BCUT2D eigenvalue weighted by Crippen LogP contribution is 2.55. The first kappa shape index (κ1) is 44.2. The lowest BCUT2D eigenvalue weighted by molar-refractivity contribution is -0.148. The Morgan fingerprint density at radius 1 is 0.467 bits per heavy atom. The van der Waals surface area contributed by atoms with Gasteiger partial charge in [-0.15, -0.1) is 0 Å². The van der Waals surface area contributed by atoms with E-state index < -0.39 is 61.7 Å². The van der Waals surface area contributed by atoms with Gasteiger partial charge in [-0.25, -0.2) is 27.2 Å². The van der Waals surface area contributed by atoms with Crippen molar-refractivity contribution in [1.29, 1.82) is 0 Å². The predicted octanol–water partition coefficient (Wildman–Crippen LogP) is 8.38. The Morgan fingerprint density at radius 3 is 0.950 bits per heavy atom. The van der Waals surface area contributed by atoms with Gasteiger partial charge in [-0.2, -0.15) is 0 Å². The van der Waals surface area contributed by atoms with Crippen LogP contribution in [-0.2, 0) is 28.2 Å². The lowest BCUT2D eigenvalue weighted by atomic mass is 10.0. The van der Waals surface area contributed by atoms with Crippen molar-refractivity contribution >= 4 is 81.3 Å². The van der Waals surface area contributed by atoms with Crippen LogP contribution in [-0.4, -0.2) is 38.4 Å². The summed E-state index contributed by atoms with van der Waals surface area (Å²) in [7, 11) is -6.62. The zero-order valence-electron chi connectivity index (χ0n) is 32.1. The molecule has 0 amide bonds. The van der Waals surface area contributed by atoms with Crippen LogP contribution in [0.15, 0.2) is 121 Å². The molecule has 60 heavy (non-hydrogen) atoms. The number of carbonyl (C=O) groups is 2. The molecule has 0 aromatic heterocycles. The molecule has 6 aromatic rings. The molecule has 0 N–H and O–H groups in total. The van der Waals surface area contributed by atoms with Crippen molar-refractivity contribution in [3.8, 4) is 22.6 Å². The Kier molecular flexibility index (Phi) is 13.3. The number of esters is 2. The minimum atomic E-state index is -4.43. The van der Waals surface area contributed by atoms with Crippen molar-refractivity contribution < 1.29 is 55.2 Å². The number of hydrogen-bond acceptors (Lipinski definition) is 8. The van der Waals surface area contributed by atoms with E-state index in [2.05, 4.69) is 0 Å². The summed E-state index contributed by atoms with van der Waals surface area (Å²) in [5.74, 6) is -5.09. The monoisotopic (exact) mass is 898 g/mol. The summed E-state index contributed by atoms with van der Waals surface area (Å²) < 4.78 is 113. The maximum atomic E-state index is 16.4. The molecule has 0 aliphatic carbocycles. The summed E-state index contributed by atoms with van der Waals surface area (Å²) >= 11 is 13.9. The van der Waals surface area contributed by atoms with Crippen molar-refractivity contribution in [3.63, 3.8) is 0 Å². The zero-order chi connectivity index (χ0) is 43.5. The minimum absolute atomic E-state index is 0.0280. The first-order valence-electron chi connectivity index (χ1n) is 17.9. The maximum absolute atomic E-state index is 16.4. The molecule has 0 aliphatic rings. The second-order valence-electron chi connectivity index (χ2n) is 13.2. The number of halogens is 6. The van der Waals surface area contributed by atoms with E-state index in [-0.39, 0.29) is 64.5 Å². The Balaban J connectivity index is 1.89. The summed E-state index contributed by atoms with van der Waals surface area (Å²) in [6.45, 7) is 2.69.